The Hall–Kier alpha value is -0.980. The Bertz CT molecular complexity index is 471. The average Bonchev–Trinajstić information content (AvgIpc) is 2.60. The van der Waals surface area contributed by atoms with Gasteiger partial charge in [0, 0.05) is 0 Å². The summed E-state index contributed by atoms with van der Waals surface area (Å²) >= 11 is 12.4. The number of thiazole rings is 1. The summed E-state index contributed by atoms with van der Waals surface area (Å²) in [6.45, 7) is 0. The average molecular weight is 264 g/mol. The topological polar surface area (TPSA) is 71.4 Å². The maximum Gasteiger partial charge on any atom is 0.275 e. The summed E-state index contributed by atoms with van der Waals surface area (Å²) in [5.74, 6) is -1.19. The molecular formula is C7H3Cl2N3O2S. The normalized spacial score (nSPS) is 21.2. The van der Waals surface area contributed by atoms with E-state index in [-0.39, 0.29) is 11.0 Å². The maximum absolute atomic E-state index is 11.2. The van der Waals surface area contributed by atoms with Crippen molar-refractivity contribution in [3.63, 3.8) is 0 Å². The number of hydrogen-bond donors (Lipinski definition) is 1. The van der Waals surface area contributed by atoms with Crippen LogP contribution in [-0.2, 0) is 9.59 Å². The van der Waals surface area contributed by atoms with Crippen molar-refractivity contribution in [3.8, 4) is 0 Å². The van der Waals surface area contributed by atoms with E-state index < -0.39 is 17.2 Å². The lowest BCUT2D eigenvalue weighted by atomic mass is 10.3. The fourth-order valence-electron chi connectivity index (χ4n) is 0.981. The van der Waals surface area contributed by atoms with Crippen molar-refractivity contribution >= 4 is 52.2 Å². The number of amidine groups is 1. The molecule has 1 aromatic heterocycles. The molecular weight excluding hydrogens is 261 g/mol. The van der Waals surface area contributed by atoms with E-state index >= 15 is 0 Å². The molecule has 5 nitrogen and oxygen atoms in total. The molecule has 0 aromatic carbocycles. The predicted molar refractivity (Wildman–Crippen MR) is 56.5 cm³/mol. The van der Waals surface area contributed by atoms with Crippen LogP contribution < -0.4 is 5.32 Å². The molecule has 0 saturated carbocycles. The Kier molecular flexibility index (Phi) is 2.72. The standard InChI is InChI=1S/C7H3Cl2N3O2S/c8-2-6(13)11-5(12-7(2)14)3-4(9)10-1-15-3/h1-2H,(H,11,12,13,14). The number of aliphatic imine (C=N–C) groups is 1. The monoisotopic (exact) mass is 263 g/mol. The number of nitrogens with one attached hydrogen (secondary N) is 1. The van der Waals surface area contributed by atoms with Crippen LogP contribution in [0.25, 0.3) is 0 Å². The van der Waals surface area contributed by atoms with Gasteiger partial charge in [-0.1, -0.05) is 11.6 Å². The minimum atomic E-state index is -1.26. The molecule has 2 amide bonds. The van der Waals surface area contributed by atoms with Crippen molar-refractivity contribution in [1.29, 1.82) is 0 Å². The number of aromatic nitrogens is 1. The Labute approximate surface area is 98.1 Å². The first-order valence-corrected chi connectivity index (χ1v) is 5.46. The molecule has 0 bridgehead atoms. The lowest BCUT2D eigenvalue weighted by Gasteiger charge is -2.14. The van der Waals surface area contributed by atoms with Crippen LogP contribution in [0.15, 0.2) is 10.5 Å². The van der Waals surface area contributed by atoms with Crippen molar-refractivity contribution in [2.75, 3.05) is 0 Å². The minimum absolute atomic E-state index is 0.106. The highest BCUT2D eigenvalue weighted by atomic mass is 35.5. The quantitative estimate of drug-likeness (QED) is 0.602. The van der Waals surface area contributed by atoms with E-state index in [1.54, 1.807) is 0 Å². The molecule has 15 heavy (non-hydrogen) atoms. The van der Waals surface area contributed by atoms with Gasteiger partial charge in [-0.3, -0.25) is 9.59 Å². The van der Waals surface area contributed by atoms with Crippen molar-refractivity contribution in [1.82, 2.24) is 10.3 Å². The molecule has 0 saturated heterocycles. The summed E-state index contributed by atoms with van der Waals surface area (Å²) in [5, 5.41) is 1.31. The fraction of sp³-hybridized carbons (Fsp3) is 0.143. The Morgan fingerprint density at radius 2 is 2.20 bits per heavy atom. The van der Waals surface area contributed by atoms with Gasteiger partial charge in [0.1, 0.15) is 4.88 Å². The third kappa shape index (κ3) is 1.88. The van der Waals surface area contributed by atoms with Crippen LogP contribution in [0.5, 0.6) is 0 Å². The first kappa shape index (κ1) is 10.5. The SMILES string of the molecule is O=C1N=C(c2scnc2Cl)NC(=O)C1Cl. The third-order valence-corrected chi connectivity index (χ3v) is 3.27. The zero-order chi connectivity index (χ0) is 11.0. The second-order valence-corrected chi connectivity index (χ2v) is 4.27. The zero-order valence-electron chi connectivity index (χ0n) is 7.03. The molecule has 1 N–H and O–H groups in total. The highest BCUT2D eigenvalue weighted by Crippen LogP contribution is 2.20. The molecule has 0 radical (unpaired) electrons. The summed E-state index contributed by atoms with van der Waals surface area (Å²) in [5.41, 5.74) is 1.49. The van der Waals surface area contributed by atoms with Gasteiger partial charge in [0.15, 0.2) is 16.4 Å². The van der Waals surface area contributed by atoms with Gasteiger partial charge in [-0.05, 0) is 0 Å². The molecule has 0 fully saturated rings. The lowest BCUT2D eigenvalue weighted by Crippen LogP contribution is -2.45. The van der Waals surface area contributed by atoms with E-state index in [1.807, 2.05) is 0 Å². The number of amides is 2. The van der Waals surface area contributed by atoms with Gasteiger partial charge in [-0.25, -0.2) is 4.98 Å². The smallest absolute Gasteiger partial charge is 0.275 e. The lowest BCUT2D eigenvalue weighted by molar-refractivity contribution is -0.127. The predicted octanol–water partition coefficient (Wildman–Crippen LogP) is 0.807. The molecule has 0 spiro atoms. The first-order chi connectivity index (χ1) is 7.09. The fourth-order valence-corrected chi connectivity index (χ4v) is 2.04. The van der Waals surface area contributed by atoms with Gasteiger partial charge in [0.25, 0.3) is 11.8 Å². The zero-order valence-corrected chi connectivity index (χ0v) is 9.36. The molecule has 1 atom stereocenters. The summed E-state index contributed by atoms with van der Waals surface area (Å²) < 4.78 is 0. The Balaban J connectivity index is 2.40. The van der Waals surface area contributed by atoms with E-state index in [4.69, 9.17) is 23.2 Å². The molecule has 8 heteroatoms. The largest absolute Gasteiger partial charge is 0.308 e. The van der Waals surface area contributed by atoms with Crippen molar-refractivity contribution in [3.05, 3.63) is 15.5 Å². The van der Waals surface area contributed by atoms with Gasteiger partial charge >= 0.3 is 0 Å². The molecule has 1 aliphatic rings. The van der Waals surface area contributed by atoms with E-state index in [0.717, 1.165) is 0 Å². The molecule has 1 unspecified atom stereocenters. The summed E-state index contributed by atoms with van der Waals surface area (Å²) in [7, 11) is 0. The van der Waals surface area contributed by atoms with Crippen LogP contribution in [0.2, 0.25) is 5.15 Å². The molecule has 2 rings (SSSR count). The number of halogens is 2. The third-order valence-electron chi connectivity index (χ3n) is 1.65. The van der Waals surface area contributed by atoms with Crippen LogP contribution >= 0.6 is 34.5 Å². The van der Waals surface area contributed by atoms with Crippen molar-refractivity contribution in [2.45, 2.75) is 5.38 Å². The van der Waals surface area contributed by atoms with Gasteiger partial charge in [0.05, 0.1) is 5.51 Å². The molecule has 1 aromatic rings. The summed E-state index contributed by atoms with van der Waals surface area (Å²) in [6.07, 6.45) is 0. The number of nitrogens with zero attached hydrogens (tertiary/aromatic N) is 2. The maximum atomic E-state index is 11.2. The summed E-state index contributed by atoms with van der Waals surface area (Å²) in [6, 6.07) is 0. The van der Waals surface area contributed by atoms with Gasteiger partial charge < -0.3 is 5.32 Å². The van der Waals surface area contributed by atoms with Crippen LogP contribution in [0.4, 0.5) is 0 Å². The van der Waals surface area contributed by atoms with Crippen molar-refractivity contribution < 1.29 is 9.59 Å². The van der Waals surface area contributed by atoms with Crippen LogP contribution in [0.1, 0.15) is 4.88 Å². The highest BCUT2D eigenvalue weighted by Gasteiger charge is 2.31. The number of hydrogen-bond acceptors (Lipinski definition) is 4. The Morgan fingerprint density at radius 3 is 2.73 bits per heavy atom. The summed E-state index contributed by atoms with van der Waals surface area (Å²) in [4.78, 5) is 30.2. The second kappa shape index (κ2) is 3.88. The van der Waals surface area contributed by atoms with E-state index in [0.29, 0.717) is 4.88 Å². The number of rotatable bonds is 1. The number of alkyl halides is 1. The second-order valence-electron chi connectivity index (χ2n) is 2.62. The first-order valence-electron chi connectivity index (χ1n) is 3.76. The molecule has 78 valence electrons. The minimum Gasteiger partial charge on any atom is -0.308 e. The molecule has 0 aliphatic carbocycles. The van der Waals surface area contributed by atoms with Crippen LogP contribution in [-0.4, -0.2) is 28.0 Å². The van der Waals surface area contributed by atoms with Crippen LogP contribution in [0, 0.1) is 0 Å². The van der Waals surface area contributed by atoms with E-state index in [1.165, 1.54) is 16.8 Å². The number of carbonyl (C=O) groups excluding carboxylic acids is 2. The van der Waals surface area contributed by atoms with E-state index in [9.17, 15) is 9.59 Å². The molecule has 1 aliphatic heterocycles. The molecule has 2 heterocycles. The van der Waals surface area contributed by atoms with Crippen molar-refractivity contribution in [2.24, 2.45) is 4.99 Å². The highest BCUT2D eigenvalue weighted by molar-refractivity contribution is 7.12. The Morgan fingerprint density at radius 1 is 1.47 bits per heavy atom. The van der Waals surface area contributed by atoms with E-state index in [2.05, 4.69) is 15.3 Å². The van der Waals surface area contributed by atoms with Gasteiger partial charge in [0.2, 0.25) is 0 Å². The van der Waals surface area contributed by atoms with Gasteiger partial charge in [-0.2, -0.15) is 4.99 Å². The number of carbonyl (C=O) groups is 2. The van der Waals surface area contributed by atoms with Crippen LogP contribution in [0.3, 0.4) is 0 Å². The van der Waals surface area contributed by atoms with Gasteiger partial charge in [-0.15, -0.1) is 22.9 Å².